The van der Waals surface area contributed by atoms with Gasteiger partial charge in [-0.2, -0.15) is 10.2 Å². The number of hydrogen-bond acceptors (Lipinski definition) is 3. The number of aryl methyl sites for hydroxylation is 4. The lowest BCUT2D eigenvalue weighted by Gasteiger charge is -2.19. The van der Waals surface area contributed by atoms with Gasteiger partial charge in [0.05, 0.1) is 23.1 Å². The van der Waals surface area contributed by atoms with Crippen LogP contribution in [0.15, 0.2) is 6.07 Å². The fourth-order valence-corrected chi connectivity index (χ4v) is 2.92. The molecule has 0 aliphatic carbocycles. The van der Waals surface area contributed by atoms with Crippen molar-refractivity contribution in [2.45, 2.75) is 39.7 Å². The zero-order valence-corrected chi connectivity index (χ0v) is 14.2. The fourth-order valence-electron chi connectivity index (χ4n) is 2.67. The van der Waals surface area contributed by atoms with Gasteiger partial charge in [0.1, 0.15) is 5.15 Å². The molecular formula is C15H24ClN5. The molecule has 2 rings (SSSR count). The topological polar surface area (TPSA) is 47.7 Å². The van der Waals surface area contributed by atoms with Gasteiger partial charge in [0, 0.05) is 19.7 Å². The second kappa shape index (κ2) is 6.62. The minimum atomic E-state index is 0.191. The van der Waals surface area contributed by atoms with E-state index < -0.39 is 0 Å². The Hall–Kier alpha value is -1.33. The van der Waals surface area contributed by atoms with Crippen LogP contribution in [-0.4, -0.2) is 26.1 Å². The summed E-state index contributed by atoms with van der Waals surface area (Å²) in [5.74, 6) is 0. The second-order valence-electron chi connectivity index (χ2n) is 5.52. The molecule has 116 valence electrons. The van der Waals surface area contributed by atoms with Crippen LogP contribution in [0.5, 0.6) is 0 Å². The smallest absolute Gasteiger partial charge is 0.130 e. The Morgan fingerprint density at radius 2 is 1.95 bits per heavy atom. The molecule has 1 unspecified atom stereocenters. The first-order valence-electron chi connectivity index (χ1n) is 7.35. The molecule has 21 heavy (non-hydrogen) atoms. The summed E-state index contributed by atoms with van der Waals surface area (Å²) in [6.45, 7) is 7.15. The van der Waals surface area contributed by atoms with Gasteiger partial charge in [-0.05, 0) is 39.3 Å². The maximum absolute atomic E-state index is 6.37. The molecule has 0 saturated heterocycles. The molecule has 1 atom stereocenters. The number of nitrogens with one attached hydrogen (secondary N) is 1. The van der Waals surface area contributed by atoms with Crippen LogP contribution in [0.4, 0.5) is 0 Å². The summed E-state index contributed by atoms with van der Waals surface area (Å²) in [7, 11) is 3.86. The van der Waals surface area contributed by atoms with Crippen molar-refractivity contribution >= 4 is 11.6 Å². The van der Waals surface area contributed by atoms with E-state index in [1.807, 2.05) is 32.6 Å². The molecule has 0 aromatic carbocycles. The normalized spacial score (nSPS) is 12.9. The van der Waals surface area contributed by atoms with E-state index in [2.05, 4.69) is 28.5 Å². The minimum Gasteiger partial charge on any atom is -0.308 e. The van der Waals surface area contributed by atoms with Gasteiger partial charge in [0.2, 0.25) is 0 Å². The van der Waals surface area contributed by atoms with Gasteiger partial charge in [-0.25, -0.2) is 0 Å². The molecule has 2 aromatic heterocycles. The van der Waals surface area contributed by atoms with Crippen molar-refractivity contribution in [2.75, 3.05) is 6.54 Å². The molecule has 0 fully saturated rings. The quantitative estimate of drug-likeness (QED) is 0.892. The van der Waals surface area contributed by atoms with Crippen molar-refractivity contribution in [2.24, 2.45) is 14.1 Å². The third-order valence-corrected chi connectivity index (χ3v) is 4.19. The van der Waals surface area contributed by atoms with Gasteiger partial charge in [0.15, 0.2) is 0 Å². The summed E-state index contributed by atoms with van der Waals surface area (Å²) in [4.78, 5) is 0. The monoisotopic (exact) mass is 309 g/mol. The Morgan fingerprint density at radius 1 is 1.24 bits per heavy atom. The molecule has 6 heteroatoms. The second-order valence-corrected chi connectivity index (χ2v) is 5.88. The lowest BCUT2D eigenvalue weighted by atomic mass is 10.0. The SMILES string of the molecule is CCCNC(Cc1c(C)nn(C)c1Cl)c1cc(C)nn1C. The largest absolute Gasteiger partial charge is 0.308 e. The molecule has 5 nitrogen and oxygen atoms in total. The van der Waals surface area contributed by atoms with E-state index in [0.717, 1.165) is 41.5 Å². The van der Waals surface area contributed by atoms with E-state index in [9.17, 15) is 0 Å². The Balaban J connectivity index is 2.30. The predicted molar refractivity (Wildman–Crippen MR) is 85.6 cm³/mol. The number of halogens is 1. The maximum Gasteiger partial charge on any atom is 0.130 e. The van der Waals surface area contributed by atoms with Gasteiger partial charge < -0.3 is 5.32 Å². The average Bonchev–Trinajstić information content (AvgIpc) is 2.87. The highest BCUT2D eigenvalue weighted by molar-refractivity contribution is 6.30. The van der Waals surface area contributed by atoms with Crippen molar-refractivity contribution in [1.82, 2.24) is 24.9 Å². The van der Waals surface area contributed by atoms with Crippen molar-refractivity contribution in [3.05, 3.63) is 33.9 Å². The van der Waals surface area contributed by atoms with Gasteiger partial charge in [-0.1, -0.05) is 18.5 Å². The zero-order chi connectivity index (χ0) is 15.6. The lowest BCUT2D eigenvalue weighted by Crippen LogP contribution is -2.26. The molecule has 0 radical (unpaired) electrons. The van der Waals surface area contributed by atoms with Crippen LogP contribution in [0.2, 0.25) is 5.15 Å². The van der Waals surface area contributed by atoms with E-state index >= 15 is 0 Å². The molecule has 0 aliphatic heterocycles. The summed E-state index contributed by atoms with van der Waals surface area (Å²) in [6.07, 6.45) is 1.91. The van der Waals surface area contributed by atoms with Crippen LogP contribution in [0.1, 0.15) is 42.0 Å². The number of aromatic nitrogens is 4. The lowest BCUT2D eigenvalue weighted by molar-refractivity contribution is 0.492. The maximum atomic E-state index is 6.37. The Morgan fingerprint density at radius 3 is 2.43 bits per heavy atom. The van der Waals surface area contributed by atoms with Crippen LogP contribution >= 0.6 is 11.6 Å². The molecule has 1 N–H and O–H groups in total. The summed E-state index contributed by atoms with van der Waals surface area (Å²) in [6, 6.07) is 2.32. The number of rotatable bonds is 6. The molecule has 0 saturated carbocycles. The first-order chi connectivity index (χ1) is 9.93. The zero-order valence-electron chi connectivity index (χ0n) is 13.4. The van der Waals surface area contributed by atoms with Crippen molar-refractivity contribution in [3.63, 3.8) is 0 Å². The molecule has 0 amide bonds. The minimum absolute atomic E-state index is 0.191. The highest BCUT2D eigenvalue weighted by Crippen LogP contribution is 2.26. The third kappa shape index (κ3) is 3.47. The highest BCUT2D eigenvalue weighted by Gasteiger charge is 2.21. The first kappa shape index (κ1) is 16.0. The van der Waals surface area contributed by atoms with Crippen LogP contribution in [-0.2, 0) is 20.5 Å². The highest BCUT2D eigenvalue weighted by atomic mass is 35.5. The molecule has 0 aliphatic rings. The van der Waals surface area contributed by atoms with Gasteiger partial charge in [-0.15, -0.1) is 0 Å². The van der Waals surface area contributed by atoms with E-state index in [0.29, 0.717) is 0 Å². The molecule has 2 aromatic rings. The Kier molecular flexibility index (Phi) is 5.06. The van der Waals surface area contributed by atoms with Crippen molar-refractivity contribution < 1.29 is 0 Å². The van der Waals surface area contributed by atoms with E-state index in [-0.39, 0.29) is 6.04 Å². The van der Waals surface area contributed by atoms with Crippen LogP contribution in [0, 0.1) is 13.8 Å². The Labute approximate surface area is 131 Å². The standard InChI is InChI=1S/C15H24ClN5/c1-6-7-17-13(14-8-10(2)18-20(14)4)9-12-11(3)19-21(5)15(12)16/h8,13,17H,6-7,9H2,1-5H3. The van der Waals surface area contributed by atoms with E-state index in [1.165, 1.54) is 5.69 Å². The van der Waals surface area contributed by atoms with Gasteiger partial charge >= 0.3 is 0 Å². The molecule has 0 bridgehead atoms. The fraction of sp³-hybridized carbons (Fsp3) is 0.600. The van der Waals surface area contributed by atoms with Gasteiger partial charge in [0.25, 0.3) is 0 Å². The van der Waals surface area contributed by atoms with Crippen molar-refractivity contribution in [3.8, 4) is 0 Å². The number of nitrogens with zero attached hydrogens (tertiary/aromatic N) is 4. The Bertz CT molecular complexity index is 614. The average molecular weight is 310 g/mol. The summed E-state index contributed by atoms with van der Waals surface area (Å²) in [5, 5.41) is 13.2. The summed E-state index contributed by atoms with van der Waals surface area (Å²) >= 11 is 6.37. The van der Waals surface area contributed by atoms with Crippen molar-refractivity contribution in [1.29, 1.82) is 0 Å². The van der Waals surface area contributed by atoms with Crippen LogP contribution < -0.4 is 5.32 Å². The van der Waals surface area contributed by atoms with Crippen LogP contribution in [0.25, 0.3) is 0 Å². The third-order valence-electron chi connectivity index (χ3n) is 3.71. The van der Waals surface area contributed by atoms with Crippen LogP contribution in [0.3, 0.4) is 0 Å². The first-order valence-corrected chi connectivity index (χ1v) is 7.73. The van der Waals surface area contributed by atoms with E-state index in [1.54, 1.807) is 4.68 Å². The summed E-state index contributed by atoms with van der Waals surface area (Å²) in [5.41, 5.74) is 4.31. The summed E-state index contributed by atoms with van der Waals surface area (Å²) < 4.78 is 3.68. The number of hydrogen-bond donors (Lipinski definition) is 1. The molecule has 0 spiro atoms. The molecular weight excluding hydrogens is 286 g/mol. The predicted octanol–water partition coefficient (Wildman–Crippen LogP) is 2.71. The molecule has 2 heterocycles. The van der Waals surface area contributed by atoms with E-state index in [4.69, 9.17) is 11.6 Å². The van der Waals surface area contributed by atoms with Gasteiger partial charge in [-0.3, -0.25) is 9.36 Å².